The van der Waals surface area contributed by atoms with Crippen LogP contribution < -0.4 is 5.73 Å². The van der Waals surface area contributed by atoms with Gasteiger partial charge in [-0.3, -0.25) is 0 Å². The number of nitrogens with two attached hydrogens (primary N) is 1. The Morgan fingerprint density at radius 2 is 2.05 bits per heavy atom. The third-order valence-electron chi connectivity index (χ3n) is 2.85. The summed E-state index contributed by atoms with van der Waals surface area (Å²) in [6.45, 7) is 1.01. The van der Waals surface area contributed by atoms with E-state index in [4.69, 9.17) is 5.73 Å². The van der Waals surface area contributed by atoms with Gasteiger partial charge in [-0.2, -0.15) is 16.1 Å². The van der Waals surface area contributed by atoms with Crippen molar-refractivity contribution in [3.63, 3.8) is 0 Å². The quantitative estimate of drug-likeness (QED) is 0.823. The van der Waals surface area contributed by atoms with E-state index in [9.17, 15) is 12.8 Å². The predicted octanol–water partition coefficient (Wildman–Crippen LogP) is 0.873. The lowest BCUT2D eigenvalue weighted by atomic mass is 10.2. The maximum absolute atomic E-state index is 14.0. The molecule has 108 valence electrons. The first-order chi connectivity index (χ1) is 9.55. The molecule has 1 aromatic carbocycles. The summed E-state index contributed by atoms with van der Waals surface area (Å²) in [5, 5.41) is 0. The predicted molar refractivity (Wildman–Crippen MR) is 78.4 cm³/mol. The van der Waals surface area contributed by atoms with E-state index in [0.717, 1.165) is 17.6 Å². The molecule has 0 saturated carbocycles. The molecule has 0 unspecified atom stereocenters. The minimum Gasteiger partial charge on any atom is -0.320 e. The molecule has 1 aliphatic rings. The summed E-state index contributed by atoms with van der Waals surface area (Å²) in [6, 6.07) is 3.90. The Morgan fingerprint density at radius 1 is 1.35 bits per heavy atom. The third-order valence-corrected chi connectivity index (χ3v) is 5.73. The van der Waals surface area contributed by atoms with Crippen LogP contribution in [0.3, 0.4) is 0 Å². The molecule has 4 nitrogen and oxygen atoms in total. The first-order valence-corrected chi connectivity index (χ1v) is 8.71. The van der Waals surface area contributed by atoms with Gasteiger partial charge in [-0.25, -0.2) is 12.8 Å². The molecule has 20 heavy (non-hydrogen) atoms. The SMILES string of the molecule is NCC#Cc1ccc(S(=O)(=O)N2CCSCC2)c(F)c1. The first-order valence-electron chi connectivity index (χ1n) is 6.12. The van der Waals surface area contributed by atoms with Crippen molar-refractivity contribution in [3.8, 4) is 11.8 Å². The van der Waals surface area contributed by atoms with Gasteiger partial charge in [0.15, 0.2) is 0 Å². The van der Waals surface area contributed by atoms with Crippen LogP contribution in [0.4, 0.5) is 4.39 Å². The fourth-order valence-corrected chi connectivity index (χ4v) is 4.49. The van der Waals surface area contributed by atoms with Crippen LogP contribution in [0.25, 0.3) is 0 Å². The van der Waals surface area contributed by atoms with Crippen LogP contribution in [0.1, 0.15) is 5.56 Å². The molecule has 0 bridgehead atoms. The Labute approximate surface area is 122 Å². The van der Waals surface area contributed by atoms with Crippen LogP contribution in [0, 0.1) is 17.7 Å². The Morgan fingerprint density at radius 3 is 2.65 bits per heavy atom. The molecule has 0 aliphatic carbocycles. The van der Waals surface area contributed by atoms with Gasteiger partial charge in [0.05, 0.1) is 6.54 Å². The van der Waals surface area contributed by atoms with E-state index in [-0.39, 0.29) is 11.4 Å². The maximum Gasteiger partial charge on any atom is 0.246 e. The lowest BCUT2D eigenvalue weighted by Crippen LogP contribution is -2.38. The van der Waals surface area contributed by atoms with Gasteiger partial charge in [0.25, 0.3) is 0 Å². The first kappa shape index (κ1) is 15.3. The van der Waals surface area contributed by atoms with Crippen LogP contribution in [-0.2, 0) is 10.0 Å². The molecule has 2 rings (SSSR count). The zero-order valence-corrected chi connectivity index (χ0v) is 12.4. The number of nitrogens with zero attached hydrogens (tertiary/aromatic N) is 1. The molecule has 0 aromatic heterocycles. The molecule has 0 atom stereocenters. The van der Waals surface area contributed by atoms with Gasteiger partial charge >= 0.3 is 0 Å². The smallest absolute Gasteiger partial charge is 0.246 e. The fraction of sp³-hybridized carbons (Fsp3) is 0.385. The molecule has 7 heteroatoms. The Kier molecular flexibility index (Phi) is 5.05. The summed E-state index contributed by atoms with van der Waals surface area (Å²) in [6.07, 6.45) is 0. The standard InChI is InChI=1S/C13H15FN2O2S2/c14-12-10-11(2-1-5-15)3-4-13(12)20(17,18)16-6-8-19-9-7-16/h3-4,10H,5-9,15H2. The average Bonchev–Trinajstić information content (AvgIpc) is 2.46. The van der Waals surface area contributed by atoms with Crippen molar-refractivity contribution < 1.29 is 12.8 Å². The molecule has 1 aromatic rings. The third kappa shape index (κ3) is 3.33. The highest BCUT2D eigenvalue weighted by molar-refractivity contribution is 7.99. The summed E-state index contributed by atoms with van der Waals surface area (Å²) in [7, 11) is -3.76. The van der Waals surface area contributed by atoms with E-state index in [2.05, 4.69) is 11.8 Å². The summed E-state index contributed by atoms with van der Waals surface area (Å²) in [5.74, 6) is 5.98. The zero-order valence-electron chi connectivity index (χ0n) is 10.8. The summed E-state index contributed by atoms with van der Waals surface area (Å²) < 4.78 is 40.1. The summed E-state index contributed by atoms with van der Waals surface area (Å²) in [5.41, 5.74) is 5.66. The Hall–Kier alpha value is -1.07. The van der Waals surface area contributed by atoms with Gasteiger partial charge < -0.3 is 5.73 Å². The highest BCUT2D eigenvalue weighted by Crippen LogP contribution is 2.23. The van der Waals surface area contributed by atoms with Gasteiger partial charge in [-0.1, -0.05) is 11.8 Å². The Bertz CT molecular complexity index is 644. The number of hydrogen-bond donors (Lipinski definition) is 1. The van der Waals surface area contributed by atoms with Crippen molar-refractivity contribution in [1.82, 2.24) is 4.31 Å². The van der Waals surface area contributed by atoms with Crippen molar-refractivity contribution >= 4 is 21.8 Å². The van der Waals surface area contributed by atoms with Crippen LogP contribution in [0.2, 0.25) is 0 Å². The molecule has 1 fully saturated rings. The number of rotatable bonds is 2. The number of thioether (sulfide) groups is 1. The van der Waals surface area contributed by atoms with E-state index in [1.165, 1.54) is 16.4 Å². The largest absolute Gasteiger partial charge is 0.320 e. The highest BCUT2D eigenvalue weighted by Gasteiger charge is 2.28. The molecule has 0 radical (unpaired) electrons. The average molecular weight is 314 g/mol. The van der Waals surface area contributed by atoms with E-state index < -0.39 is 15.8 Å². The van der Waals surface area contributed by atoms with Gasteiger partial charge in [0.2, 0.25) is 10.0 Å². The number of benzene rings is 1. The van der Waals surface area contributed by atoms with Crippen LogP contribution in [-0.4, -0.2) is 43.9 Å². The van der Waals surface area contributed by atoms with Crippen molar-refractivity contribution in [3.05, 3.63) is 29.6 Å². The highest BCUT2D eigenvalue weighted by atomic mass is 32.2. The fourth-order valence-electron chi connectivity index (χ4n) is 1.87. The lowest BCUT2D eigenvalue weighted by Gasteiger charge is -2.25. The number of hydrogen-bond acceptors (Lipinski definition) is 4. The summed E-state index contributed by atoms with van der Waals surface area (Å²) in [4.78, 5) is -0.289. The molecule has 1 saturated heterocycles. The van der Waals surface area contributed by atoms with Gasteiger partial charge in [0.1, 0.15) is 10.7 Å². The molecule has 1 aliphatic heterocycles. The van der Waals surface area contributed by atoms with E-state index in [1.807, 2.05) is 0 Å². The van der Waals surface area contributed by atoms with Gasteiger partial charge in [0, 0.05) is 30.2 Å². The maximum atomic E-state index is 14.0. The van der Waals surface area contributed by atoms with Gasteiger partial charge in [-0.05, 0) is 18.2 Å². The van der Waals surface area contributed by atoms with Crippen molar-refractivity contribution in [1.29, 1.82) is 0 Å². The van der Waals surface area contributed by atoms with Crippen molar-refractivity contribution in [2.75, 3.05) is 31.1 Å². The Balaban J connectivity index is 2.32. The molecule has 1 heterocycles. The van der Waals surface area contributed by atoms with Gasteiger partial charge in [-0.15, -0.1) is 0 Å². The van der Waals surface area contributed by atoms with E-state index in [0.29, 0.717) is 18.7 Å². The second-order valence-electron chi connectivity index (χ2n) is 4.17. The molecule has 2 N–H and O–H groups in total. The minimum absolute atomic E-state index is 0.174. The van der Waals surface area contributed by atoms with Crippen LogP contribution in [0.15, 0.2) is 23.1 Å². The lowest BCUT2D eigenvalue weighted by molar-refractivity contribution is 0.438. The molecular weight excluding hydrogens is 299 g/mol. The zero-order chi connectivity index (χ0) is 14.6. The molecular formula is C13H15FN2O2S2. The molecule has 0 amide bonds. The van der Waals surface area contributed by atoms with Crippen molar-refractivity contribution in [2.24, 2.45) is 5.73 Å². The summed E-state index contributed by atoms with van der Waals surface area (Å²) >= 11 is 1.70. The number of sulfonamides is 1. The van der Waals surface area contributed by atoms with Crippen LogP contribution >= 0.6 is 11.8 Å². The second kappa shape index (κ2) is 6.59. The van der Waals surface area contributed by atoms with E-state index in [1.54, 1.807) is 11.8 Å². The van der Waals surface area contributed by atoms with E-state index >= 15 is 0 Å². The normalized spacial score (nSPS) is 16.5. The van der Waals surface area contributed by atoms with Crippen LogP contribution in [0.5, 0.6) is 0 Å². The monoisotopic (exact) mass is 314 g/mol. The second-order valence-corrected chi connectivity index (χ2v) is 7.30. The molecule has 0 spiro atoms. The minimum atomic E-state index is -3.76. The topological polar surface area (TPSA) is 63.4 Å². The van der Waals surface area contributed by atoms with Crippen molar-refractivity contribution in [2.45, 2.75) is 4.90 Å². The number of halogens is 1.